The predicted octanol–water partition coefficient (Wildman–Crippen LogP) is 5.58. The maximum absolute atomic E-state index is 12.7. The average molecular weight is 530 g/mol. The van der Waals surface area contributed by atoms with E-state index in [0.717, 1.165) is 42.9 Å². The zero-order valence-corrected chi connectivity index (χ0v) is 23.4. The molecule has 1 aromatic carbocycles. The van der Waals surface area contributed by atoms with Crippen LogP contribution in [0.2, 0.25) is 0 Å². The number of anilines is 2. The third-order valence-electron chi connectivity index (χ3n) is 6.13. The molecule has 2 aromatic rings. The lowest BCUT2D eigenvalue weighted by atomic mass is 10.1. The number of hydrogen-bond acceptors (Lipinski definition) is 6. The van der Waals surface area contributed by atoms with E-state index in [9.17, 15) is 14.4 Å². The van der Waals surface area contributed by atoms with Gasteiger partial charge in [-0.05, 0) is 45.4 Å². The number of benzene rings is 1. The summed E-state index contributed by atoms with van der Waals surface area (Å²) in [4.78, 5) is 41.4. The van der Waals surface area contributed by atoms with Gasteiger partial charge < -0.3 is 16.0 Å². The lowest BCUT2D eigenvalue weighted by Crippen LogP contribution is -2.30. The van der Waals surface area contributed by atoms with Crippen molar-refractivity contribution in [1.82, 2.24) is 15.6 Å². The van der Waals surface area contributed by atoms with Crippen molar-refractivity contribution in [3.05, 3.63) is 40.4 Å². The minimum absolute atomic E-state index is 0.0190. The van der Waals surface area contributed by atoms with Gasteiger partial charge in [-0.1, -0.05) is 57.1 Å². The van der Waals surface area contributed by atoms with Crippen LogP contribution in [0.25, 0.3) is 0 Å². The molecule has 1 heterocycles. The molecule has 0 bridgehead atoms. The van der Waals surface area contributed by atoms with Crippen LogP contribution in [0.4, 0.5) is 10.8 Å². The minimum atomic E-state index is -0.275. The van der Waals surface area contributed by atoms with E-state index >= 15 is 0 Å². The molecule has 0 atom stereocenters. The highest BCUT2D eigenvalue weighted by atomic mass is 32.1. The zero-order chi connectivity index (χ0) is 26.9. The van der Waals surface area contributed by atoms with E-state index in [0.29, 0.717) is 29.3 Å². The number of unbranched alkanes of at least 4 members (excludes halogenated alkanes) is 8. The van der Waals surface area contributed by atoms with Crippen molar-refractivity contribution in [3.8, 4) is 0 Å². The summed E-state index contributed by atoms with van der Waals surface area (Å²) in [7, 11) is 0. The first-order chi connectivity index (χ1) is 17.9. The zero-order valence-electron chi connectivity index (χ0n) is 22.6. The third-order valence-corrected chi connectivity index (χ3v) is 7.12. The van der Waals surface area contributed by atoms with Gasteiger partial charge in [0.25, 0.3) is 5.91 Å². The summed E-state index contributed by atoms with van der Waals surface area (Å²) < 4.78 is 0. The lowest BCUT2D eigenvalue weighted by Gasteiger charge is -2.10. The van der Waals surface area contributed by atoms with Gasteiger partial charge in [-0.2, -0.15) is 0 Å². The highest BCUT2D eigenvalue weighted by Gasteiger charge is 2.15. The normalized spacial score (nSPS) is 10.8. The standard InChI is InChI=1S/C28H43N5O3S/c1-21-22(2)37-28(31-21)33-27(36)24-15-12-13-16-25(24)32-26(35)17-11-9-7-5-4-6-8-10-14-18-29-19-20-30-23(3)34/h12-13,15-16,29H,4-11,14,17-20H2,1-3H3,(H,30,34)(H,32,35)(H,31,33,36). The van der Waals surface area contributed by atoms with Crippen molar-refractivity contribution in [1.29, 1.82) is 0 Å². The number of para-hydroxylation sites is 1. The molecule has 9 heteroatoms. The van der Waals surface area contributed by atoms with Crippen LogP contribution >= 0.6 is 11.3 Å². The molecule has 0 fully saturated rings. The first-order valence-corrected chi connectivity index (χ1v) is 14.3. The number of rotatable bonds is 18. The first kappa shape index (κ1) is 30.4. The van der Waals surface area contributed by atoms with Crippen LogP contribution in [0.1, 0.15) is 92.1 Å². The Morgan fingerprint density at radius 3 is 2.11 bits per heavy atom. The van der Waals surface area contributed by atoms with Gasteiger partial charge in [-0.25, -0.2) is 4.98 Å². The van der Waals surface area contributed by atoms with Crippen molar-refractivity contribution in [2.24, 2.45) is 0 Å². The van der Waals surface area contributed by atoms with E-state index in [1.165, 1.54) is 56.8 Å². The smallest absolute Gasteiger partial charge is 0.259 e. The van der Waals surface area contributed by atoms with E-state index in [1.807, 2.05) is 19.9 Å². The van der Waals surface area contributed by atoms with Gasteiger partial charge in [0.05, 0.1) is 16.9 Å². The Morgan fingerprint density at radius 1 is 0.811 bits per heavy atom. The van der Waals surface area contributed by atoms with Gasteiger partial charge in [0.2, 0.25) is 11.8 Å². The predicted molar refractivity (Wildman–Crippen MR) is 152 cm³/mol. The number of hydrogen-bond donors (Lipinski definition) is 4. The van der Waals surface area contributed by atoms with Crippen LogP contribution < -0.4 is 21.3 Å². The van der Waals surface area contributed by atoms with E-state index in [-0.39, 0.29) is 17.7 Å². The number of carbonyl (C=O) groups is 3. The molecule has 0 aliphatic carbocycles. The van der Waals surface area contributed by atoms with Crippen molar-refractivity contribution in [2.75, 3.05) is 30.3 Å². The van der Waals surface area contributed by atoms with E-state index < -0.39 is 0 Å². The molecule has 3 amide bonds. The number of thiazole rings is 1. The van der Waals surface area contributed by atoms with Crippen molar-refractivity contribution >= 4 is 39.9 Å². The fraction of sp³-hybridized carbons (Fsp3) is 0.571. The molecule has 4 N–H and O–H groups in total. The van der Waals surface area contributed by atoms with E-state index in [4.69, 9.17) is 0 Å². The van der Waals surface area contributed by atoms with Gasteiger partial charge in [0, 0.05) is 31.3 Å². The molecule has 0 aliphatic rings. The Labute approximate surface area is 225 Å². The molecule has 37 heavy (non-hydrogen) atoms. The number of aryl methyl sites for hydroxylation is 2. The molecule has 0 unspecified atom stereocenters. The molecule has 0 saturated carbocycles. The molecular weight excluding hydrogens is 486 g/mol. The molecule has 0 aliphatic heterocycles. The Kier molecular flexibility index (Phi) is 14.5. The van der Waals surface area contributed by atoms with Crippen LogP contribution in [0, 0.1) is 13.8 Å². The van der Waals surface area contributed by atoms with Crippen molar-refractivity contribution in [2.45, 2.75) is 85.0 Å². The molecular formula is C28H43N5O3S. The van der Waals surface area contributed by atoms with Gasteiger partial charge in [-0.3, -0.25) is 19.7 Å². The monoisotopic (exact) mass is 529 g/mol. The average Bonchev–Trinajstić information content (AvgIpc) is 3.17. The molecule has 0 saturated heterocycles. The van der Waals surface area contributed by atoms with Crippen LogP contribution in [0.5, 0.6) is 0 Å². The largest absolute Gasteiger partial charge is 0.355 e. The van der Waals surface area contributed by atoms with Crippen molar-refractivity contribution in [3.63, 3.8) is 0 Å². The second-order valence-electron chi connectivity index (χ2n) is 9.37. The second-order valence-corrected chi connectivity index (χ2v) is 10.6. The summed E-state index contributed by atoms with van der Waals surface area (Å²) in [5.74, 6) is -0.319. The minimum Gasteiger partial charge on any atom is -0.355 e. The number of aromatic nitrogens is 1. The summed E-state index contributed by atoms with van der Waals surface area (Å²) in [5, 5.41) is 12.4. The summed E-state index contributed by atoms with van der Waals surface area (Å²) >= 11 is 1.44. The van der Waals surface area contributed by atoms with Gasteiger partial charge in [0.15, 0.2) is 5.13 Å². The maximum atomic E-state index is 12.7. The highest BCUT2D eigenvalue weighted by molar-refractivity contribution is 7.15. The second kappa shape index (κ2) is 17.6. The SMILES string of the molecule is CC(=O)NCCNCCCCCCCCCCCC(=O)Nc1ccccc1C(=O)Nc1nc(C)c(C)s1. The lowest BCUT2D eigenvalue weighted by molar-refractivity contribution is -0.119. The fourth-order valence-electron chi connectivity index (χ4n) is 3.92. The third kappa shape index (κ3) is 12.8. The molecule has 1 aromatic heterocycles. The van der Waals surface area contributed by atoms with Gasteiger partial charge in [-0.15, -0.1) is 11.3 Å². The first-order valence-electron chi connectivity index (χ1n) is 13.5. The Morgan fingerprint density at radius 2 is 1.46 bits per heavy atom. The summed E-state index contributed by atoms with van der Waals surface area (Å²) in [5.41, 5.74) is 1.86. The quantitative estimate of drug-likeness (QED) is 0.188. The van der Waals surface area contributed by atoms with Crippen LogP contribution in [-0.2, 0) is 9.59 Å². The molecule has 2 rings (SSSR count). The Hall–Kier alpha value is -2.78. The molecule has 204 valence electrons. The molecule has 0 radical (unpaired) electrons. The van der Waals surface area contributed by atoms with E-state index in [1.54, 1.807) is 18.2 Å². The van der Waals surface area contributed by atoms with Crippen LogP contribution in [0.15, 0.2) is 24.3 Å². The molecule has 0 spiro atoms. The number of carbonyl (C=O) groups excluding carboxylic acids is 3. The number of amides is 3. The van der Waals surface area contributed by atoms with Gasteiger partial charge >= 0.3 is 0 Å². The molecule has 8 nitrogen and oxygen atoms in total. The summed E-state index contributed by atoms with van der Waals surface area (Å²) in [6.45, 7) is 7.94. The number of nitrogens with one attached hydrogen (secondary N) is 4. The Bertz CT molecular complexity index is 972. The van der Waals surface area contributed by atoms with Crippen LogP contribution in [-0.4, -0.2) is 42.3 Å². The topological polar surface area (TPSA) is 112 Å². The van der Waals surface area contributed by atoms with Crippen molar-refractivity contribution < 1.29 is 14.4 Å². The number of nitrogens with zero attached hydrogens (tertiary/aromatic N) is 1. The summed E-state index contributed by atoms with van der Waals surface area (Å²) in [6.07, 6.45) is 10.8. The van der Waals surface area contributed by atoms with Crippen LogP contribution in [0.3, 0.4) is 0 Å². The Balaban J connectivity index is 1.52. The maximum Gasteiger partial charge on any atom is 0.259 e. The van der Waals surface area contributed by atoms with E-state index in [2.05, 4.69) is 26.3 Å². The van der Waals surface area contributed by atoms with Gasteiger partial charge in [0.1, 0.15) is 0 Å². The fourth-order valence-corrected chi connectivity index (χ4v) is 4.73. The summed E-state index contributed by atoms with van der Waals surface area (Å²) in [6, 6.07) is 7.07. The highest BCUT2D eigenvalue weighted by Crippen LogP contribution is 2.23.